The van der Waals surface area contributed by atoms with Crippen molar-refractivity contribution in [2.45, 2.75) is 18.1 Å². The Morgan fingerprint density at radius 2 is 1.89 bits per heavy atom. The lowest BCUT2D eigenvalue weighted by molar-refractivity contribution is -0.130. The first kappa shape index (κ1) is 16.4. The van der Waals surface area contributed by atoms with Crippen LogP contribution in [0.3, 0.4) is 0 Å². The van der Waals surface area contributed by atoms with Crippen LogP contribution in [-0.2, 0) is 14.8 Å². The van der Waals surface area contributed by atoms with Crippen LogP contribution in [-0.4, -0.2) is 50.2 Å². The van der Waals surface area contributed by atoms with Crippen molar-refractivity contribution >= 4 is 38.9 Å². The molecule has 0 aliphatic rings. The van der Waals surface area contributed by atoms with Crippen LogP contribution in [0.5, 0.6) is 0 Å². The zero-order valence-electron chi connectivity index (χ0n) is 11.1. The normalized spacial score (nSPS) is 11.8. The van der Waals surface area contributed by atoms with Crippen LogP contribution in [0.4, 0.5) is 0 Å². The van der Waals surface area contributed by atoms with Gasteiger partial charge in [-0.25, -0.2) is 8.42 Å². The summed E-state index contributed by atoms with van der Waals surface area (Å²) in [7, 11) is -2.25. The highest BCUT2D eigenvalue weighted by Crippen LogP contribution is 2.27. The Labute approximate surface area is 122 Å². The molecule has 0 radical (unpaired) electrons. The van der Waals surface area contributed by atoms with Crippen LogP contribution in [0.2, 0.25) is 4.34 Å². The van der Waals surface area contributed by atoms with Gasteiger partial charge in [-0.3, -0.25) is 4.79 Å². The fourth-order valence-corrected chi connectivity index (χ4v) is 4.36. The van der Waals surface area contributed by atoms with Gasteiger partial charge in [-0.1, -0.05) is 11.6 Å². The Hall–Kier alpha value is -0.630. The zero-order chi connectivity index (χ0) is 14.6. The topological polar surface area (TPSA) is 57.7 Å². The van der Waals surface area contributed by atoms with E-state index >= 15 is 0 Å². The van der Waals surface area contributed by atoms with E-state index in [4.69, 9.17) is 11.6 Å². The lowest BCUT2D eigenvalue weighted by Gasteiger charge is -2.22. The molecule has 1 heterocycles. The molecule has 0 bridgehead atoms. The SMILES string of the molecule is CCN(CC)C(=O)CN(C)S(=O)(=O)c1ccc(Cl)s1. The van der Waals surface area contributed by atoms with Crippen LogP contribution < -0.4 is 0 Å². The molecule has 0 atom stereocenters. The first-order valence-electron chi connectivity index (χ1n) is 5.82. The standard InChI is InChI=1S/C11H17ClN2O3S2/c1-4-14(5-2)10(15)8-13(3)19(16,17)11-7-6-9(12)18-11/h6-7H,4-5,8H2,1-3H3. The summed E-state index contributed by atoms with van der Waals surface area (Å²) in [6.45, 7) is 4.67. The minimum Gasteiger partial charge on any atom is -0.342 e. The van der Waals surface area contributed by atoms with Crippen LogP contribution in [0.25, 0.3) is 0 Å². The Kier molecular flexibility index (Phi) is 5.79. The van der Waals surface area contributed by atoms with Gasteiger partial charge in [-0.2, -0.15) is 4.31 Å². The second kappa shape index (κ2) is 6.69. The Morgan fingerprint density at radius 1 is 1.32 bits per heavy atom. The maximum absolute atomic E-state index is 12.2. The maximum atomic E-state index is 12.2. The van der Waals surface area contributed by atoms with E-state index in [0.29, 0.717) is 17.4 Å². The molecule has 5 nitrogen and oxygen atoms in total. The zero-order valence-corrected chi connectivity index (χ0v) is 13.5. The number of nitrogens with zero attached hydrogens (tertiary/aromatic N) is 2. The molecule has 0 unspecified atom stereocenters. The molecule has 0 N–H and O–H groups in total. The quantitative estimate of drug-likeness (QED) is 0.803. The average Bonchev–Trinajstić information content (AvgIpc) is 2.78. The third kappa shape index (κ3) is 3.92. The molecule has 19 heavy (non-hydrogen) atoms. The highest BCUT2D eigenvalue weighted by Gasteiger charge is 2.25. The van der Waals surface area contributed by atoms with Crippen molar-refractivity contribution < 1.29 is 13.2 Å². The Morgan fingerprint density at radius 3 is 2.32 bits per heavy atom. The van der Waals surface area contributed by atoms with Crippen molar-refractivity contribution in [2.75, 3.05) is 26.7 Å². The number of sulfonamides is 1. The molecule has 0 spiro atoms. The summed E-state index contributed by atoms with van der Waals surface area (Å²) in [5.41, 5.74) is 0. The van der Waals surface area contributed by atoms with E-state index in [1.807, 2.05) is 13.8 Å². The summed E-state index contributed by atoms with van der Waals surface area (Å²) in [5, 5.41) is 0. The molecule has 1 aromatic rings. The highest BCUT2D eigenvalue weighted by atomic mass is 35.5. The van der Waals surface area contributed by atoms with Gasteiger partial charge in [0, 0.05) is 20.1 Å². The van der Waals surface area contributed by atoms with Gasteiger partial charge in [0.05, 0.1) is 10.9 Å². The second-order valence-electron chi connectivity index (χ2n) is 3.89. The van der Waals surface area contributed by atoms with Crippen LogP contribution in [0.15, 0.2) is 16.3 Å². The third-order valence-electron chi connectivity index (χ3n) is 2.69. The Balaban J connectivity index is 2.83. The van der Waals surface area contributed by atoms with E-state index in [2.05, 4.69) is 0 Å². The van der Waals surface area contributed by atoms with E-state index in [1.165, 1.54) is 19.2 Å². The molecule has 1 rings (SSSR count). The Bertz CT molecular complexity index is 538. The molecule has 0 aliphatic heterocycles. The monoisotopic (exact) mass is 324 g/mol. The summed E-state index contributed by atoms with van der Waals surface area (Å²) in [6, 6.07) is 2.97. The summed E-state index contributed by atoms with van der Waals surface area (Å²) in [5.74, 6) is -0.210. The van der Waals surface area contributed by atoms with Gasteiger partial charge in [0.1, 0.15) is 4.21 Å². The second-order valence-corrected chi connectivity index (χ2v) is 7.87. The smallest absolute Gasteiger partial charge is 0.252 e. The van der Waals surface area contributed by atoms with Gasteiger partial charge < -0.3 is 4.90 Å². The van der Waals surface area contributed by atoms with E-state index in [-0.39, 0.29) is 16.7 Å². The number of carbonyl (C=O) groups is 1. The van der Waals surface area contributed by atoms with Crippen LogP contribution >= 0.6 is 22.9 Å². The van der Waals surface area contributed by atoms with Crippen molar-refractivity contribution in [1.29, 1.82) is 0 Å². The summed E-state index contributed by atoms with van der Waals surface area (Å²) >= 11 is 6.71. The number of likely N-dealkylation sites (N-methyl/N-ethyl adjacent to an activating group) is 2. The van der Waals surface area contributed by atoms with Gasteiger partial charge in [-0.15, -0.1) is 11.3 Å². The number of halogens is 1. The predicted octanol–water partition coefficient (Wildman–Crippen LogP) is 1.89. The van der Waals surface area contributed by atoms with Gasteiger partial charge >= 0.3 is 0 Å². The fourth-order valence-electron chi connectivity index (χ4n) is 1.54. The minimum atomic E-state index is -3.64. The van der Waals surface area contributed by atoms with E-state index in [9.17, 15) is 13.2 Å². The molecule has 1 amide bonds. The largest absolute Gasteiger partial charge is 0.342 e. The molecular formula is C11H17ClN2O3S2. The number of amides is 1. The molecule has 0 fully saturated rings. The average molecular weight is 325 g/mol. The van der Waals surface area contributed by atoms with Crippen LogP contribution in [0.1, 0.15) is 13.8 Å². The van der Waals surface area contributed by atoms with Crippen LogP contribution in [0, 0.1) is 0 Å². The molecule has 0 aromatic carbocycles. The molecular weight excluding hydrogens is 308 g/mol. The van der Waals surface area contributed by atoms with Gasteiger partial charge in [0.2, 0.25) is 5.91 Å². The number of thiophene rings is 1. The number of hydrogen-bond acceptors (Lipinski definition) is 4. The predicted molar refractivity (Wildman–Crippen MR) is 77.1 cm³/mol. The summed E-state index contributed by atoms with van der Waals surface area (Å²) in [4.78, 5) is 13.5. The van der Waals surface area contributed by atoms with Crippen molar-refractivity contribution in [3.63, 3.8) is 0 Å². The lowest BCUT2D eigenvalue weighted by Crippen LogP contribution is -2.40. The van der Waals surface area contributed by atoms with Gasteiger partial charge in [0.15, 0.2) is 0 Å². The fraction of sp³-hybridized carbons (Fsp3) is 0.545. The molecule has 1 aromatic heterocycles. The molecule has 0 aliphatic carbocycles. The molecule has 8 heteroatoms. The van der Waals surface area contributed by atoms with Gasteiger partial charge in [0.25, 0.3) is 10.0 Å². The lowest BCUT2D eigenvalue weighted by atomic mass is 10.4. The van der Waals surface area contributed by atoms with E-state index < -0.39 is 10.0 Å². The van der Waals surface area contributed by atoms with Crippen molar-refractivity contribution in [3.05, 3.63) is 16.5 Å². The third-order valence-corrected chi connectivity index (χ3v) is 6.19. The minimum absolute atomic E-state index is 0.146. The van der Waals surface area contributed by atoms with Crippen molar-refractivity contribution in [1.82, 2.24) is 9.21 Å². The maximum Gasteiger partial charge on any atom is 0.252 e. The summed E-state index contributed by atoms with van der Waals surface area (Å²) < 4.78 is 26.0. The molecule has 0 saturated heterocycles. The highest BCUT2D eigenvalue weighted by molar-refractivity contribution is 7.91. The van der Waals surface area contributed by atoms with E-state index in [0.717, 1.165) is 15.6 Å². The van der Waals surface area contributed by atoms with Crippen molar-refractivity contribution in [3.8, 4) is 0 Å². The number of rotatable bonds is 6. The first-order chi connectivity index (χ1) is 8.82. The van der Waals surface area contributed by atoms with E-state index in [1.54, 1.807) is 4.90 Å². The molecule has 108 valence electrons. The number of hydrogen-bond donors (Lipinski definition) is 0. The van der Waals surface area contributed by atoms with Gasteiger partial charge in [-0.05, 0) is 26.0 Å². The van der Waals surface area contributed by atoms with Crippen molar-refractivity contribution in [2.24, 2.45) is 0 Å². The summed E-state index contributed by atoms with van der Waals surface area (Å²) in [6.07, 6.45) is 0. The molecule has 0 saturated carbocycles. The first-order valence-corrected chi connectivity index (χ1v) is 8.45. The number of carbonyl (C=O) groups excluding carboxylic acids is 1.